The fraction of sp³-hybridized carbons (Fsp3) is 0.500. The third-order valence-electron chi connectivity index (χ3n) is 2.70. The van der Waals surface area contributed by atoms with Crippen molar-refractivity contribution in [2.75, 3.05) is 19.8 Å². The summed E-state index contributed by atoms with van der Waals surface area (Å²) in [5.74, 6) is 0.231. The smallest absolute Gasteiger partial charge is 0.416 e. The molecule has 1 rings (SSSR count). The Morgan fingerprint density at radius 1 is 1.24 bits per heavy atom. The van der Waals surface area contributed by atoms with E-state index in [1.807, 2.05) is 0 Å². The van der Waals surface area contributed by atoms with Crippen LogP contribution < -0.4 is 10.5 Å². The molecule has 1 aromatic rings. The summed E-state index contributed by atoms with van der Waals surface area (Å²) in [6.45, 7) is 3.27. The molecule has 21 heavy (non-hydrogen) atoms. The number of rotatable bonds is 8. The first-order valence-electron chi connectivity index (χ1n) is 6.58. The van der Waals surface area contributed by atoms with Gasteiger partial charge in [-0.25, -0.2) is 0 Å². The lowest BCUT2D eigenvalue weighted by molar-refractivity contribution is -0.137. The van der Waals surface area contributed by atoms with E-state index >= 15 is 0 Å². The third kappa shape index (κ3) is 5.89. The van der Waals surface area contributed by atoms with Gasteiger partial charge in [-0.15, -0.1) is 0 Å². The summed E-state index contributed by atoms with van der Waals surface area (Å²) >= 11 is 4.77. The summed E-state index contributed by atoms with van der Waals surface area (Å²) < 4.78 is 48.6. The summed E-state index contributed by atoms with van der Waals surface area (Å²) in [6.07, 6.45) is -2.45. The van der Waals surface area contributed by atoms with Gasteiger partial charge in [-0.2, -0.15) is 13.2 Å². The van der Waals surface area contributed by atoms with Gasteiger partial charge in [0.05, 0.1) is 17.7 Å². The molecule has 7 heteroatoms. The van der Waals surface area contributed by atoms with Crippen molar-refractivity contribution in [1.82, 2.24) is 0 Å². The van der Waals surface area contributed by atoms with Crippen molar-refractivity contribution in [3.05, 3.63) is 29.3 Å². The molecule has 0 aliphatic rings. The van der Waals surface area contributed by atoms with E-state index in [2.05, 4.69) is 6.92 Å². The minimum Gasteiger partial charge on any atom is -0.490 e. The molecule has 0 saturated heterocycles. The van der Waals surface area contributed by atoms with Gasteiger partial charge in [0.25, 0.3) is 0 Å². The Morgan fingerprint density at radius 3 is 2.52 bits per heavy atom. The highest BCUT2D eigenvalue weighted by Gasteiger charge is 2.31. The molecule has 0 spiro atoms. The number of alkyl halides is 3. The second-order valence-corrected chi connectivity index (χ2v) is 4.83. The van der Waals surface area contributed by atoms with Crippen LogP contribution in [0.1, 0.15) is 30.9 Å². The highest BCUT2D eigenvalue weighted by molar-refractivity contribution is 7.80. The lowest BCUT2D eigenvalue weighted by Gasteiger charge is -2.14. The number of halogens is 3. The van der Waals surface area contributed by atoms with Gasteiger partial charge in [-0.3, -0.25) is 0 Å². The maximum Gasteiger partial charge on any atom is 0.416 e. The van der Waals surface area contributed by atoms with Crippen LogP contribution >= 0.6 is 12.2 Å². The largest absolute Gasteiger partial charge is 0.490 e. The van der Waals surface area contributed by atoms with Crippen LogP contribution in [0.5, 0.6) is 5.75 Å². The van der Waals surface area contributed by atoms with Crippen molar-refractivity contribution in [3.8, 4) is 5.75 Å². The number of nitrogens with two attached hydrogens (primary N) is 1. The van der Waals surface area contributed by atoms with Crippen LogP contribution in [0.15, 0.2) is 18.2 Å². The van der Waals surface area contributed by atoms with Gasteiger partial charge in [0, 0.05) is 6.61 Å². The van der Waals surface area contributed by atoms with E-state index in [-0.39, 0.29) is 22.9 Å². The lowest BCUT2D eigenvalue weighted by atomic mass is 10.1. The minimum absolute atomic E-state index is 0.0772. The molecule has 1 aromatic carbocycles. The zero-order chi connectivity index (χ0) is 15.9. The molecule has 0 saturated carbocycles. The Hall–Kier alpha value is -1.34. The number of benzene rings is 1. The first-order chi connectivity index (χ1) is 9.86. The lowest BCUT2D eigenvalue weighted by Crippen LogP contribution is -2.16. The predicted octanol–water partition coefficient (Wildman–Crippen LogP) is 3.54. The average molecular weight is 321 g/mol. The molecule has 0 heterocycles. The molecule has 0 atom stereocenters. The van der Waals surface area contributed by atoms with Gasteiger partial charge < -0.3 is 15.2 Å². The molecule has 118 valence electrons. The van der Waals surface area contributed by atoms with Crippen LogP contribution in [0.25, 0.3) is 0 Å². The highest BCUT2D eigenvalue weighted by Crippen LogP contribution is 2.32. The van der Waals surface area contributed by atoms with Gasteiger partial charge in [-0.05, 0) is 24.6 Å². The molecule has 0 bridgehead atoms. The Kier molecular flexibility index (Phi) is 6.91. The number of hydrogen-bond donors (Lipinski definition) is 1. The van der Waals surface area contributed by atoms with Gasteiger partial charge in [0.2, 0.25) is 0 Å². The molecule has 0 radical (unpaired) electrons. The van der Waals surface area contributed by atoms with Crippen LogP contribution in [0.4, 0.5) is 13.2 Å². The Bertz CT molecular complexity index is 478. The monoisotopic (exact) mass is 321 g/mol. The number of ether oxygens (including phenoxy) is 2. The first kappa shape index (κ1) is 17.7. The van der Waals surface area contributed by atoms with Crippen LogP contribution in [0.2, 0.25) is 0 Å². The van der Waals surface area contributed by atoms with Crippen LogP contribution in [-0.4, -0.2) is 24.8 Å². The predicted molar refractivity (Wildman–Crippen MR) is 78.6 cm³/mol. The fourth-order valence-corrected chi connectivity index (χ4v) is 1.74. The van der Waals surface area contributed by atoms with Gasteiger partial charge in [-0.1, -0.05) is 25.6 Å². The summed E-state index contributed by atoms with van der Waals surface area (Å²) in [5, 5.41) is 0. The minimum atomic E-state index is -4.44. The van der Waals surface area contributed by atoms with Gasteiger partial charge >= 0.3 is 6.18 Å². The molecule has 0 unspecified atom stereocenters. The van der Waals surface area contributed by atoms with Crippen molar-refractivity contribution in [3.63, 3.8) is 0 Å². The van der Waals surface area contributed by atoms with E-state index in [1.54, 1.807) is 0 Å². The summed E-state index contributed by atoms with van der Waals surface area (Å²) in [7, 11) is 0. The summed E-state index contributed by atoms with van der Waals surface area (Å²) in [6, 6.07) is 3.06. The van der Waals surface area contributed by atoms with E-state index < -0.39 is 11.7 Å². The standard InChI is InChI=1S/C14H18F3NO2S/c1-2-3-6-19-7-8-20-12-5-4-10(14(15,16)17)9-11(12)13(18)21/h4-5,9H,2-3,6-8H2,1H3,(H2,18,21). The highest BCUT2D eigenvalue weighted by atomic mass is 32.1. The quantitative estimate of drug-likeness (QED) is 0.587. The van der Waals surface area contributed by atoms with Crippen molar-refractivity contribution in [2.45, 2.75) is 25.9 Å². The van der Waals surface area contributed by atoms with Gasteiger partial charge in [0.1, 0.15) is 17.3 Å². The fourth-order valence-electron chi connectivity index (χ4n) is 1.58. The van der Waals surface area contributed by atoms with E-state index in [4.69, 9.17) is 27.4 Å². The van der Waals surface area contributed by atoms with Gasteiger partial charge in [0.15, 0.2) is 0 Å². The van der Waals surface area contributed by atoms with E-state index in [0.717, 1.165) is 25.0 Å². The molecular weight excluding hydrogens is 303 g/mol. The molecule has 0 amide bonds. The van der Waals surface area contributed by atoms with Crippen molar-refractivity contribution in [1.29, 1.82) is 0 Å². The molecular formula is C14H18F3NO2S. The second-order valence-electron chi connectivity index (χ2n) is 4.39. The SMILES string of the molecule is CCCCOCCOc1ccc(C(F)(F)F)cc1C(N)=S. The van der Waals surface area contributed by atoms with Crippen molar-refractivity contribution in [2.24, 2.45) is 5.73 Å². The molecule has 3 nitrogen and oxygen atoms in total. The Morgan fingerprint density at radius 2 is 1.95 bits per heavy atom. The van der Waals surface area contributed by atoms with E-state index in [0.29, 0.717) is 13.2 Å². The summed E-state index contributed by atoms with van der Waals surface area (Å²) in [5.41, 5.74) is 4.72. The Labute approximate surface area is 127 Å². The molecule has 2 N–H and O–H groups in total. The second kappa shape index (κ2) is 8.19. The molecule has 0 aliphatic heterocycles. The van der Waals surface area contributed by atoms with Crippen LogP contribution in [-0.2, 0) is 10.9 Å². The molecule has 0 aromatic heterocycles. The van der Waals surface area contributed by atoms with E-state index in [9.17, 15) is 13.2 Å². The first-order valence-corrected chi connectivity index (χ1v) is 6.98. The van der Waals surface area contributed by atoms with Crippen LogP contribution in [0.3, 0.4) is 0 Å². The zero-order valence-corrected chi connectivity index (χ0v) is 12.5. The topological polar surface area (TPSA) is 44.5 Å². The maximum atomic E-state index is 12.6. The molecule has 0 fully saturated rings. The van der Waals surface area contributed by atoms with Crippen molar-refractivity contribution >= 4 is 17.2 Å². The van der Waals surface area contributed by atoms with E-state index in [1.165, 1.54) is 6.07 Å². The van der Waals surface area contributed by atoms with Crippen LogP contribution in [0, 0.1) is 0 Å². The maximum absolute atomic E-state index is 12.6. The third-order valence-corrected chi connectivity index (χ3v) is 2.92. The molecule has 0 aliphatic carbocycles. The normalized spacial score (nSPS) is 11.4. The van der Waals surface area contributed by atoms with Crippen molar-refractivity contribution < 1.29 is 22.6 Å². The Balaban J connectivity index is 2.67. The number of thiocarbonyl (C=S) groups is 1. The number of hydrogen-bond acceptors (Lipinski definition) is 3. The average Bonchev–Trinajstić information content (AvgIpc) is 2.41. The summed E-state index contributed by atoms with van der Waals surface area (Å²) in [4.78, 5) is -0.136. The zero-order valence-electron chi connectivity index (χ0n) is 11.7. The number of unbranched alkanes of at least 4 members (excludes halogenated alkanes) is 1.